The molecular formula is C14H13ClN4O. The van der Waals surface area contributed by atoms with Gasteiger partial charge in [-0.3, -0.25) is 5.10 Å². The summed E-state index contributed by atoms with van der Waals surface area (Å²) in [5, 5.41) is 10.9. The Hall–Kier alpha value is -2.27. The summed E-state index contributed by atoms with van der Waals surface area (Å²) in [7, 11) is 0. The van der Waals surface area contributed by atoms with Gasteiger partial charge in [0.25, 0.3) is 0 Å². The van der Waals surface area contributed by atoms with E-state index in [1.54, 1.807) is 24.5 Å². The van der Waals surface area contributed by atoms with Crippen LogP contribution in [0.2, 0.25) is 5.02 Å². The average Bonchev–Trinajstić information content (AvgIpc) is 3.04. The van der Waals surface area contributed by atoms with Crippen molar-refractivity contribution in [2.24, 2.45) is 0 Å². The number of H-pyrrole nitrogens is 1. The quantitative estimate of drug-likeness (QED) is 0.769. The summed E-state index contributed by atoms with van der Waals surface area (Å²) in [6.07, 6.45) is 3.43. The lowest BCUT2D eigenvalue weighted by Gasteiger charge is -2.05. The topological polar surface area (TPSA) is 66.7 Å². The lowest BCUT2D eigenvalue weighted by atomic mass is 10.2. The van der Waals surface area contributed by atoms with Gasteiger partial charge in [0, 0.05) is 23.3 Å². The molecule has 0 amide bonds. The van der Waals surface area contributed by atoms with Gasteiger partial charge in [-0.15, -0.1) is 0 Å². The lowest BCUT2D eigenvalue weighted by molar-refractivity contribution is 0.545. The molecule has 3 heterocycles. The molecule has 0 aliphatic carbocycles. The average molecular weight is 289 g/mol. The third-order valence-corrected chi connectivity index (χ3v) is 3.12. The molecule has 0 spiro atoms. The van der Waals surface area contributed by atoms with Crippen LogP contribution in [0.5, 0.6) is 0 Å². The minimum absolute atomic E-state index is 0.582. The molecule has 20 heavy (non-hydrogen) atoms. The molecule has 0 fully saturated rings. The van der Waals surface area contributed by atoms with E-state index < -0.39 is 0 Å². The molecule has 3 rings (SSSR count). The number of halogens is 1. The second kappa shape index (κ2) is 5.38. The van der Waals surface area contributed by atoms with Gasteiger partial charge < -0.3 is 9.73 Å². The Morgan fingerprint density at radius 3 is 3.00 bits per heavy atom. The molecule has 102 valence electrons. The Balaban J connectivity index is 1.77. The highest BCUT2D eigenvalue weighted by Gasteiger charge is 2.11. The molecule has 2 N–H and O–H groups in total. The first-order valence-electron chi connectivity index (χ1n) is 6.17. The normalized spacial score (nSPS) is 10.7. The van der Waals surface area contributed by atoms with Crippen molar-refractivity contribution in [1.29, 1.82) is 0 Å². The van der Waals surface area contributed by atoms with Crippen molar-refractivity contribution in [1.82, 2.24) is 15.2 Å². The summed E-state index contributed by atoms with van der Waals surface area (Å²) in [6, 6.07) is 7.36. The SMILES string of the molecule is Cc1ccc(-c2[nH]ncc2CNc2cc(Cl)ccn2)o1. The molecule has 0 bridgehead atoms. The number of nitrogens with zero attached hydrogens (tertiary/aromatic N) is 2. The van der Waals surface area contributed by atoms with Crippen LogP contribution in [0.1, 0.15) is 11.3 Å². The van der Waals surface area contributed by atoms with Crippen LogP contribution >= 0.6 is 11.6 Å². The number of anilines is 1. The number of aryl methyl sites for hydroxylation is 1. The van der Waals surface area contributed by atoms with Gasteiger partial charge in [-0.1, -0.05) is 11.6 Å². The van der Waals surface area contributed by atoms with Crippen LogP contribution in [0, 0.1) is 6.92 Å². The summed E-state index contributed by atoms with van der Waals surface area (Å²) in [4.78, 5) is 4.20. The fourth-order valence-corrected chi connectivity index (χ4v) is 2.07. The smallest absolute Gasteiger partial charge is 0.152 e. The molecule has 0 unspecified atom stereocenters. The fourth-order valence-electron chi connectivity index (χ4n) is 1.91. The van der Waals surface area contributed by atoms with Crippen LogP contribution in [0.15, 0.2) is 41.1 Å². The Morgan fingerprint density at radius 1 is 1.35 bits per heavy atom. The van der Waals surface area contributed by atoms with E-state index in [0.29, 0.717) is 11.6 Å². The maximum atomic E-state index is 5.92. The van der Waals surface area contributed by atoms with Gasteiger partial charge in [-0.05, 0) is 31.2 Å². The molecule has 0 saturated carbocycles. The van der Waals surface area contributed by atoms with Crippen molar-refractivity contribution in [2.75, 3.05) is 5.32 Å². The lowest BCUT2D eigenvalue weighted by Crippen LogP contribution is -2.01. The van der Waals surface area contributed by atoms with E-state index in [1.807, 2.05) is 19.1 Å². The number of hydrogen-bond acceptors (Lipinski definition) is 4. The predicted molar refractivity (Wildman–Crippen MR) is 77.6 cm³/mol. The van der Waals surface area contributed by atoms with Gasteiger partial charge in [0.05, 0.1) is 6.20 Å². The minimum atomic E-state index is 0.582. The summed E-state index contributed by atoms with van der Waals surface area (Å²) in [5.41, 5.74) is 1.87. The van der Waals surface area contributed by atoms with E-state index in [9.17, 15) is 0 Å². The van der Waals surface area contributed by atoms with E-state index in [1.165, 1.54) is 0 Å². The zero-order valence-corrected chi connectivity index (χ0v) is 11.6. The number of hydrogen-bond donors (Lipinski definition) is 2. The second-order valence-corrected chi connectivity index (χ2v) is 4.83. The first kappa shape index (κ1) is 12.7. The first-order chi connectivity index (χ1) is 9.72. The van der Waals surface area contributed by atoms with E-state index in [-0.39, 0.29) is 0 Å². The predicted octanol–water partition coefficient (Wildman–Crippen LogP) is 3.64. The summed E-state index contributed by atoms with van der Waals surface area (Å²) in [6.45, 7) is 2.49. The first-order valence-corrected chi connectivity index (χ1v) is 6.54. The highest BCUT2D eigenvalue weighted by Crippen LogP contribution is 2.24. The minimum Gasteiger partial charge on any atom is -0.460 e. The van der Waals surface area contributed by atoms with Crippen molar-refractivity contribution in [3.63, 3.8) is 0 Å². The van der Waals surface area contributed by atoms with Crippen LogP contribution in [0.3, 0.4) is 0 Å². The number of rotatable bonds is 4. The standard InChI is InChI=1S/C14H13ClN4O/c1-9-2-3-12(20-9)14-10(8-18-19-14)7-17-13-6-11(15)4-5-16-13/h2-6,8H,7H2,1H3,(H,16,17)(H,18,19). The molecule has 6 heteroatoms. The van der Waals surface area contributed by atoms with Crippen molar-refractivity contribution in [3.05, 3.63) is 53.0 Å². The Kier molecular flexibility index (Phi) is 3.43. The van der Waals surface area contributed by atoms with E-state index in [4.69, 9.17) is 16.0 Å². The molecule has 0 aliphatic rings. The van der Waals surface area contributed by atoms with Gasteiger partial charge >= 0.3 is 0 Å². The number of pyridine rings is 1. The maximum Gasteiger partial charge on any atom is 0.152 e. The third kappa shape index (κ3) is 2.67. The largest absolute Gasteiger partial charge is 0.460 e. The summed E-state index contributed by atoms with van der Waals surface area (Å²) < 4.78 is 5.60. The number of aromatic amines is 1. The Morgan fingerprint density at radius 2 is 2.25 bits per heavy atom. The zero-order chi connectivity index (χ0) is 13.9. The molecule has 0 radical (unpaired) electrons. The van der Waals surface area contributed by atoms with Gasteiger partial charge in [-0.2, -0.15) is 5.10 Å². The fraction of sp³-hybridized carbons (Fsp3) is 0.143. The molecule has 0 aliphatic heterocycles. The molecule has 0 aromatic carbocycles. The van der Waals surface area contributed by atoms with Crippen LogP contribution in [-0.2, 0) is 6.54 Å². The van der Waals surface area contributed by atoms with Crippen molar-refractivity contribution < 1.29 is 4.42 Å². The van der Waals surface area contributed by atoms with E-state index >= 15 is 0 Å². The van der Waals surface area contributed by atoms with Crippen molar-refractivity contribution in [3.8, 4) is 11.5 Å². The molecule has 0 saturated heterocycles. The number of nitrogens with one attached hydrogen (secondary N) is 2. The van der Waals surface area contributed by atoms with E-state index in [0.717, 1.165) is 28.6 Å². The second-order valence-electron chi connectivity index (χ2n) is 4.39. The van der Waals surface area contributed by atoms with E-state index in [2.05, 4.69) is 20.5 Å². The summed E-state index contributed by atoms with van der Waals surface area (Å²) in [5.74, 6) is 2.36. The molecule has 3 aromatic rings. The third-order valence-electron chi connectivity index (χ3n) is 2.89. The Labute approximate surface area is 121 Å². The van der Waals surface area contributed by atoms with Gasteiger partial charge in [-0.25, -0.2) is 4.98 Å². The Bertz CT molecular complexity index is 719. The zero-order valence-electron chi connectivity index (χ0n) is 10.9. The molecular weight excluding hydrogens is 276 g/mol. The number of furan rings is 1. The van der Waals surface area contributed by atoms with Crippen LogP contribution < -0.4 is 5.32 Å². The molecule has 3 aromatic heterocycles. The van der Waals surface area contributed by atoms with Gasteiger partial charge in [0.2, 0.25) is 0 Å². The number of aromatic nitrogens is 3. The van der Waals surface area contributed by atoms with Gasteiger partial charge in [0.1, 0.15) is 17.3 Å². The monoisotopic (exact) mass is 288 g/mol. The van der Waals surface area contributed by atoms with Crippen molar-refractivity contribution in [2.45, 2.75) is 13.5 Å². The maximum absolute atomic E-state index is 5.92. The molecule has 5 nitrogen and oxygen atoms in total. The van der Waals surface area contributed by atoms with Crippen LogP contribution in [0.25, 0.3) is 11.5 Å². The van der Waals surface area contributed by atoms with Gasteiger partial charge in [0.15, 0.2) is 5.76 Å². The van der Waals surface area contributed by atoms with Crippen molar-refractivity contribution >= 4 is 17.4 Å². The summed E-state index contributed by atoms with van der Waals surface area (Å²) >= 11 is 5.92. The highest BCUT2D eigenvalue weighted by atomic mass is 35.5. The highest BCUT2D eigenvalue weighted by molar-refractivity contribution is 6.30. The van der Waals surface area contributed by atoms with Crippen LogP contribution in [-0.4, -0.2) is 15.2 Å². The van der Waals surface area contributed by atoms with Crippen LogP contribution in [0.4, 0.5) is 5.82 Å². The molecule has 0 atom stereocenters.